The van der Waals surface area contributed by atoms with Crippen molar-refractivity contribution in [1.29, 1.82) is 0 Å². The molecule has 0 radical (unpaired) electrons. The monoisotopic (exact) mass is 357 g/mol. The fraction of sp³-hybridized carbons (Fsp3) is 0.700. The molecule has 0 spiro atoms. The molecule has 5 rings (SSSR count). The second kappa shape index (κ2) is 5.09. The van der Waals surface area contributed by atoms with Gasteiger partial charge < -0.3 is 10.9 Å². The summed E-state index contributed by atoms with van der Waals surface area (Å²) in [6, 6.07) is 0. The average Bonchev–Trinajstić information content (AvgIpc) is 3.13. The highest BCUT2D eigenvalue weighted by atomic mass is 32.1. The van der Waals surface area contributed by atoms with Crippen LogP contribution in [0.15, 0.2) is 11.2 Å². The maximum Gasteiger partial charge on any atom is 0.180 e. The van der Waals surface area contributed by atoms with Crippen molar-refractivity contribution in [2.24, 2.45) is 33.7 Å². The summed E-state index contributed by atoms with van der Waals surface area (Å²) in [5, 5.41) is 13.9. The minimum atomic E-state index is 0.117. The fourth-order valence-corrected chi connectivity index (χ4v) is 7.90. The smallest absolute Gasteiger partial charge is 0.180 e. The van der Waals surface area contributed by atoms with Gasteiger partial charge in [-0.25, -0.2) is 4.98 Å². The third-order valence-corrected chi connectivity index (χ3v) is 9.13. The summed E-state index contributed by atoms with van der Waals surface area (Å²) >= 11 is 1.68. The van der Waals surface area contributed by atoms with Crippen molar-refractivity contribution in [3.8, 4) is 0 Å². The number of hydrogen-bond donors (Lipinski definition) is 2. The quantitative estimate of drug-likeness (QED) is 0.520. The molecule has 2 saturated carbocycles. The Morgan fingerprint density at radius 2 is 2.00 bits per heavy atom. The number of oxime groups is 1. The number of anilines is 1. The van der Waals surface area contributed by atoms with E-state index in [1.807, 2.05) is 0 Å². The summed E-state index contributed by atoms with van der Waals surface area (Å²) < 4.78 is 0. The van der Waals surface area contributed by atoms with Crippen LogP contribution in [0.4, 0.5) is 5.13 Å². The van der Waals surface area contributed by atoms with Crippen LogP contribution in [0.5, 0.6) is 0 Å². The highest BCUT2D eigenvalue weighted by Crippen LogP contribution is 2.65. The molecule has 4 aliphatic rings. The zero-order valence-corrected chi connectivity index (χ0v) is 15.9. The molecule has 0 bridgehead atoms. The SMILES string of the molecule is C[C@]12CCc3nc(N)sc3C1=CC[C@@H]1[C@@H]2CC[C@]2(C)/C(=N/O)CC[C@@H]12. The van der Waals surface area contributed by atoms with E-state index in [1.165, 1.54) is 41.8 Å². The Balaban J connectivity index is 1.57. The molecule has 3 N–H and O–H groups in total. The van der Waals surface area contributed by atoms with Crippen LogP contribution in [0.3, 0.4) is 0 Å². The highest BCUT2D eigenvalue weighted by molar-refractivity contribution is 7.16. The van der Waals surface area contributed by atoms with Crippen molar-refractivity contribution in [3.63, 3.8) is 0 Å². The first kappa shape index (κ1) is 15.9. The van der Waals surface area contributed by atoms with Crippen molar-refractivity contribution in [2.75, 3.05) is 5.73 Å². The van der Waals surface area contributed by atoms with Gasteiger partial charge in [0.05, 0.1) is 16.3 Å². The van der Waals surface area contributed by atoms with Gasteiger partial charge in [0, 0.05) is 5.41 Å². The Kier molecular flexibility index (Phi) is 3.23. The Labute approximate surface area is 153 Å². The molecule has 1 aromatic rings. The summed E-state index contributed by atoms with van der Waals surface area (Å²) in [6.07, 6.45) is 10.5. The summed E-state index contributed by atoms with van der Waals surface area (Å²) in [5.74, 6) is 2.12. The molecule has 5 atom stereocenters. The van der Waals surface area contributed by atoms with Gasteiger partial charge in [0.15, 0.2) is 5.13 Å². The number of hydrogen-bond acceptors (Lipinski definition) is 5. The molecule has 0 amide bonds. The van der Waals surface area contributed by atoms with Gasteiger partial charge in [-0.15, -0.1) is 0 Å². The molecule has 2 fully saturated rings. The third-order valence-electron chi connectivity index (χ3n) is 8.17. The van der Waals surface area contributed by atoms with Crippen molar-refractivity contribution < 1.29 is 5.21 Å². The Morgan fingerprint density at radius 3 is 2.80 bits per heavy atom. The van der Waals surface area contributed by atoms with E-state index in [4.69, 9.17) is 5.73 Å². The number of rotatable bonds is 0. The van der Waals surface area contributed by atoms with Gasteiger partial charge in [-0.05, 0) is 73.7 Å². The lowest BCUT2D eigenvalue weighted by Crippen LogP contribution is -2.49. The predicted molar refractivity (Wildman–Crippen MR) is 102 cm³/mol. The van der Waals surface area contributed by atoms with E-state index in [9.17, 15) is 5.21 Å². The van der Waals surface area contributed by atoms with E-state index < -0.39 is 0 Å². The minimum Gasteiger partial charge on any atom is -0.411 e. The molecular weight excluding hydrogens is 330 g/mol. The van der Waals surface area contributed by atoms with Crippen molar-refractivity contribution in [2.45, 2.75) is 58.8 Å². The zero-order valence-electron chi connectivity index (χ0n) is 15.1. The number of allylic oxidation sites excluding steroid dienone is 2. The van der Waals surface area contributed by atoms with Crippen LogP contribution in [-0.4, -0.2) is 15.9 Å². The lowest BCUT2D eigenvalue weighted by molar-refractivity contribution is 0.0110. The van der Waals surface area contributed by atoms with Gasteiger partial charge >= 0.3 is 0 Å². The third kappa shape index (κ3) is 1.93. The second-order valence-electron chi connectivity index (χ2n) is 9.02. The molecule has 1 aromatic heterocycles. The predicted octanol–water partition coefficient (Wildman–Crippen LogP) is 4.74. The van der Waals surface area contributed by atoms with Crippen LogP contribution in [0, 0.1) is 28.6 Å². The Hall–Kier alpha value is -1.36. The van der Waals surface area contributed by atoms with Gasteiger partial charge in [-0.3, -0.25) is 0 Å². The molecule has 1 heterocycles. The number of thiazole rings is 1. The molecule has 25 heavy (non-hydrogen) atoms. The molecule has 5 heteroatoms. The molecule has 0 saturated heterocycles. The van der Waals surface area contributed by atoms with Crippen LogP contribution in [-0.2, 0) is 6.42 Å². The maximum absolute atomic E-state index is 9.47. The minimum absolute atomic E-state index is 0.117. The van der Waals surface area contributed by atoms with E-state index in [0.717, 1.165) is 36.8 Å². The van der Waals surface area contributed by atoms with Gasteiger partial charge in [-0.1, -0.05) is 36.4 Å². The summed E-state index contributed by atoms with van der Waals surface area (Å²) in [6.45, 7) is 4.84. The number of nitrogens with zero attached hydrogens (tertiary/aromatic N) is 2. The van der Waals surface area contributed by atoms with Crippen LogP contribution >= 0.6 is 11.3 Å². The molecule has 134 valence electrons. The molecule has 0 aromatic carbocycles. The van der Waals surface area contributed by atoms with Crippen LogP contribution < -0.4 is 5.73 Å². The maximum atomic E-state index is 9.47. The van der Waals surface area contributed by atoms with E-state index in [0.29, 0.717) is 11.0 Å². The van der Waals surface area contributed by atoms with E-state index in [-0.39, 0.29) is 10.8 Å². The first-order chi connectivity index (χ1) is 12.0. The normalized spacial score (nSPS) is 43.8. The summed E-state index contributed by atoms with van der Waals surface area (Å²) in [7, 11) is 0. The lowest BCUT2D eigenvalue weighted by Gasteiger charge is -2.56. The number of aromatic nitrogens is 1. The number of nitrogens with two attached hydrogens (primary N) is 1. The first-order valence-corrected chi connectivity index (χ1v) is 10.5. The Bertz CT molecular complexity index is 797. The standard InChI is InChI=1S/C20H27N3OS/c1-19-10-8-15-17(25-18(21)22-15)14(19)4-3-11-12-5-6-16(23-24)20(12,2)9-7-13(11)19/h4,11-13,24H,3,5-10H2,1-2H3,(H2,21,22)/b23-16+/t11-,12-,13-,19+,20-/m0/s1. The van der Waals surface area contributed by atoms with Crippen molar-refractivity contribution in [3.05, 3.63) is 16.6 Å². The molecule has 0 unspecified atom stereocenters. The topological polar surface area (TPSA) is 71.5 Å². The van der Waals surface area contributed by atoms with E-state index in [1.54, 1.807) is 11.3 Å². The van der Waals surface area contributed by atoms with Crippen molar-refractivity contribution in [1.82, 2.24) is 4.98 Å². The number of nitrogen functional groups attached to an aromatic ring is 1. The lowest BCUT2D eigenvalue weighted by atomic mass is 9.48. The molecular formula is C20H27N3OS. The Morgan fingerprint density at radius 1 is 1.20 bits per heavy atom. The van der Waals surface area contributed by atoms with Gasteiger partial charge in [0.1, 0.15) is 0 Å². The molecule has 4 nitrogen and oxygen atoms in total. The van der Waals surface area contributed by atoms with Crippen molar-refractivity contribution >= 4 is 27.8 Å². The summed E-state index contributed by atoms with van der Waals surface area (Å²) in [5.41, 5.74) is 10.2. The van der Waals surface area contributed by atoms with E-state index in [2.05, 4.69) is 30.1 Å². The van der Waals surface area contributed by atoms with Gasteiger partial charge in [-0.2, -0.15) is 0 Å². The molecule has 0 aliphatic heterocycles. The van der Waals surface area contributed by atoms with Crippen LogP contribution in [0.25, 0.3) is 5.57 Å². The van der Waals surface area contributed by atoms with Crippen LogP contribution in [0.1, 0.15) is 62.9 Å². The zero-order chi connectivity index (χ0) is 17.4. The average molecular weight is 358 g/mol. The van der Waals surface area contributed by atoms with Crippen LogP contribution in [0.2, 0.25) is 0 Å². The van der Waals surface area contributed by atoms with Gasteiger partial charge in [0.2, 0.25) is 0 Å². The molecule has 4 aliphatic carbocycles. The fourth-order valence-electron chi connectivity index (χ4n) is 6.85. The number of aryl methyl sites for hydroxylation is 1. The number of fused-ring (bicyclic) bond motifs is 7. The summed E-state index contributed by atoms with van der Waals surface area (Å²) in [4.78, 5) is 5.94. The first-order valence-electron chi connectivity index (χ1n) is 9.65. The van der Waals surface area contributed by atoms with Gasteiger partial charge in [0.25, 0.3) is 0 Å². The largest absolute Gasteiger partial charge is 0.411 e. The van der Waals surface area contributed by atoms with E-state index >= 15 is 0 Å². The highest BCUT2D eigenvalue weighted by Gasteiger charge is 2.58. The second-order valence-corrected chi connectivity index (χ2v) is 10.0.